The van der Waals surface area contributed by atoms with Crippen LogP contribution in [0.2, 0.25) is 0 Å². The molecule has 1 atom stereocenters. The monoisotopic (exact) mass is 218 g/mol. The summed E-state index contributed by atoms with van der Waals surface area (Å²) in [5.74, 6) is 0.552. The zero-order chi connectivity index (χ0) is 12.0. The normalized spacial score (nSPS) is 19.8. The third kappa shape index (κ3) is 4.18. The summed E-state index contributed by atoms with van der Waals surface area (Å²) in [6.45, 7) is 8.20. The molecule has 0 aliphatic heterocycles. The van der Waals surface area contributed by atoms with E-state index in [0.717, 1.165) is 12.8 Å². The van der Waals surface area contributed by atoms with Crippen molar-refractivity contribution in [1.82, 2.24) is 0 Å². The standard InChI is InChI=1S/C15H22O/c1-4-5-6-7-13-11-15(16)9-8-14(13)10-12(2)3/h8-9,11,14H,2,4-7,10H2,1,3H3. The van der Waals surface area contributed by atoms with Gasteiger partial charge >= 0.3 is 0 Å². The maximum atomic E-state index is 11.4. The second kappa shape index (κ2) is 6.47. The smallest absolute Gasteiger partial charge is 0.178 e. The number of allylic oxidation sites excluding steroid dienone is 5. The molecule has 1 rings (SSSR count). The molecule has 1 aliphatic rings. The summed E-state index contributed by atoms with van der Waals surface area (Å²) in [7, 11) is 0. The van der Waals surface area contributed by atoms with E-state index in [9.17, 15) is 4.79 Å². The molecule has 0 heterocycles. The molecule has 0 saturated heterocycles. The SMILES string of the molecule is C=C(C)CC1C=CC(=O)C=C1CCCCC. The van der Waals surface area contributed by atoms with Crippen LogP contribution < -0.4 is 0 Å². The van der Waals surface area contributed by atoms with Gasteiger partial charge in [0.05, 0.1) is 0 Å². The first-order valence-electron chi connectivity index (χ1n) is 6.20. The number of carbonyl (C=O) groups is 1. The van der Waals surface area contributed by atoms with Gasteiger partial charge in [0.25, 0.3) is 0 Å². The van der Waals surface area contributed by atoms with Gasteiger partial charge in [0.1, 0.15) is 0 Å². The third-order valence-electron chi connectivity index (χ3n) is 2.93. The molecule has 1 heteroatoms. The predicted octanol–water partition coefficient (Wildman–Crippen LogP) is 4.21. The average Bonchev–Trinajstić information content (AvgIpc) is 2.22. The van der Waals surface area contributed by atoms with Crippen LogP contribution in [0.25, 0.3) is 0 Å². The molecule has 1 nitrogen and oxygen atoms in total. The molecule has 16 heavy (non-hydrogen) atoms. The van der Waals surface area contributed by atoms with Gasteiger partial charge in [0.2, 0.25) is 0 Å². The van der Waals surface area contributed by atoms with Crippen molar-refractivity contribution in [2.75, 3.05) is 0 Å². The lowest BCUT2D eigenvalue weighted by Gasteiger charge is -2.19. The van der Waals surface area contributed by atoms with Crippen molar-refractivity contribution in [3.8, 4) is 0 Å². The molecule has 0 bridgehead atoms. The van der Waals surface area contributed by atoms with E-state index in [1.54, 1.807) is 6.08 Å². The number of rotatable bonds is 6. The highest BCUT2D eigenvalue weighted by atomic mass is 16.1. The molecule has 0 aromatic carbocycles. The zero-order valence-corrected chi connectivity index (χ0v) is 10.5. The Bertz CT molecular complexity index is 320. The molecule has 1 aliphatic carbocycles. The molecule has 0 aromatic rings. The van der Waals surface area contributed by atoms with Crippen molar-refractivity contribution in [3.63, 3.8) is 0 Å². The Morgan fingerprint density at radius 2 is 2.19 bits per heavy atom. The number of hydrogen-bond acceptors (Lipinski definition) is 1. The van der Waals surface area contributed by atoms with E-state index in [2.05, 4.69) is 13.5 Å². The van der Waals surface area contributed by atoms with Crippen LogP contribution in [0, 0.1) is 5.92 Å². The van der Waals surface area contributed by atoms with Gasteiger partial charge in [0.15, 0.2) is 5.78 Å². The van der Waals surface area contributed by atoms with Gasteiger partial charge in [-0.15, -0.1) is 6.58 Å². The Kier molecular flexibility index (Phi) is 5.24. The molecule has 88 valence electrons. The minimum absolute atomic E-state index is 0.143. The first-order valence-corrected chi connectivity index (χ1v) is 6.20. The molecular formula is C15H22O. The Morgan fingerprint density at radius 3 is 2.81 bits per heavy atom. The lowest BCUT2D eigenvalue weighted by atomic mass is 9.85. The zero-order valence-electron chi connectivity index (χ0n) is 10.5. The molecule has 0 amide bonds. The van der Waals surface area contributed by atoms with Crippen molar-refractivity contribution in [2.24, 2.45) is 5.92 Å². The summed E-state index contributed by atoms with van der Waals surface area (Å²) in [4.78, 5) is 11.4. The van der Waals surface area contributed by atoms with Gasteiger partial charge in [-0.05, 0) is 38.3 Å². The van der Waals surface area contributed by atoms with Crippen molar-refractivity contribution in [1.29, 1.82) is 0 Å². The Morgan fingerprint density at radius 1 is 1.44 bits per heavy atom. The van der Waals surface area contributed by atoms with Gasteiger partial charge < -0.3 is 0 Å². The highest BCUT2D eigenvalue weighted by Gasteiger charge is 2.16. The van der Waals surface area contributed by atoms with Crippen LogP contribution in [0.5, 0.6) is 0 Å². The predicted molar refractivity (Wildman–Crippen MR) is 69.3 cm³/mol. The Balaban J connectivity index is 2.59. The summed E-state index contributed by atoms with van der Waals surface area (Å²) < 4.78 is 0. The van der Waals surface area contributed by atoms with Crippen molar-refractivity contribution < 1.29 is 4.79 Å². The Labute approximate surface area is 98.9 Å². The van der Waals surface area contributed by atoms with Gasteiger partial charge in [0, 0.05) is 5.92 Å². The summed E-state index contributed by atoms with van der Waals surface area (Å²) in [5.41, 5.74) is 2.48. The lowest BCUT2D eigenvalue weighted by molar-refractivity contribution is -0.110. The summed E-state index contributed by atoms with van der Waals surface area (Å²) in [6, 6.07) is 0. The van der Waals surface area contributed by atoms with Crippen molar-refractivity contribution in [3.05, 3.63) is 36.0 Å². The van der Waals surface area contributed by atoms with E-state index in [1.165, 1.54) is 30.4 Å². The second-order valence-corrected chi connectivity index (χ2v) is 4.71. The minimum Gasteiger partial charge on any atom is -0.290 e. The van der Waals surface area contributed by atoms with Crippen LogP contribution in [0.1, 0.15) is 46.0 Å². The quantitative estimate of drug-likeness (QED) is 0.482. The van der Waals surface area contributed by atoms with Crippen LogP contribution in [0.15, 0.2) is 36.0 Å². The van der Waals surface area contributed by atoms with Crippen LogP contribution in [0.4, 0.5) is 0 Å². The molecule has 0 aromatic heterocycles. The minimum atomic E-state index is 0.143. The highest BCUT2D eigenvalue weighted by molar-refractivity contribution is 6.00. The van der Waals surface area contributed by atoms with Crippen LogP contribution >= 0.6 is 0 Å². The largest absolute Gasteiger partial charge is 0.290 e. The molecular weight excluding hydrogens is 196 g/mol. The first kappa shape index (κ1) is 13.0. The van der Waals surface area contributed by atoms with Crippen LogP contribution in [0.3, 0.4) is 0 Å². The lowest BCUT2D eigenvalue weighted by Crippen LogP contribution is -2.09. The first-order chi connectivity index (χ1) is 7.63. The van der Waals surface area contributed by atoms with E-state index in [4.69, 9.17) is 0 Å². The molecule has 0 radical (unpaired) electrons. The molecule has 0 fully saturated rings. The highest BCUT2D eigenvalue weighted by Crippen LogP contribution is 2.27. The van der Waals surface area contributed by atoms with E-state index in [1.807, 2.05) is 19.1 Å². The summed E-state index contributed by atoms with van der Waals surface area (Å²) in [5, 5.41) is 0. The summed E-state index contributed by atoms with van der Waals surface area (Å²) in [6.07, 6.45) is 11.2. The van der Waals surface area contributed by atoms with Gasteiger partial charge in [-0.1, -0.05) is 37.0 Å². The van der Waals surface area contributed by atoms with E-state index >= 15 is 0 Å². The van der Waals surface area contributed by atoms with Gasteiger partial charge in [-0.2, -0.15) is 0 Å². The van der Waals surface area contributed by atoms with Crippen LogP contribution in [-0.2, 0) is 4.79 Å². The number of unbranched alkanes of at least 4 members (excludes halogenated alkanes) is 2. The second-order valence-electron chi connectivity index (χ2n) is 4.71. The fourth-order valence-corrected chi connectivity index (χ4v) is 2.08. The number of ketones is 1. The maximum Gasteiger partial charge on any atom is 0.178 e. The molecule has 1 unspecified atom stereocenters. The number of carbonyl (C=O) groups excluding carboxylic acids is 1. The molecule has 0 saturated carbocycles. The van der Waals surface area contributed by atoms with E-state index < -0.39 is 0 Å². The topological polar surface area (TPSA) is 17.1 Å². The summed E-state index contributed by atoms with van der Waals surface area (Å²) >= 11 is 0. The molecule has 0 spiro atoms. The van der Waals surface area contributed by atoms with Gasteiger partial charge in [-0.25, -0.2) is 0 Å². The molecule has 0 N–H and O–H groups in total. The Hall–Kier alpha value is -1.11. The van der Waals surface area contributed by atoms with E-state index in [0.29, 0.717) is 5.92 Å². The van der Waals surface area contributed by atoms with E-state index in [-0.39, 0.29) is 5.78 Å². The number of hydrogen-bond donors (Lipinski definition) is 0. The van der Waals surface area contributed by atoms with Crippen molar-refractivity contribution >= 4 is 5.78 Å². The third-order valence-corrected chi connectivity index (χ3v) is 2.93. The average molecular weight is 218 g/mol. The fourth-order valence-electron chi connectivity index (χ4n) is 2.08. The van der Waals surface area contributed by atoms with Crippen molar-refractivity contribution in [2.45, 2.75) is 46.0 Å². The fraction of sp³-hybridized carbons (Fsp3) is 0.533. The van der Waals surface area contributed by atoms with Gasteiger partial charge in [-0.3, -0.25) is 4.79 Å². The van der Waals surface area contributed by atoms with Crippen LogP contribution in [-0.4, -0.2) is 5.78 Å². The maximum absolute atomic E-state index is 11.4.